The molecular weight excluding hydrogens is 630 g/mol. The monoisotopic (exact) mass is 708 g/mol. The number of ether oxygens (including phenoxy) is 3. The van der Waals surface area contributed by atoms with Crippen LogP contribution in [0.3, 0.4) is 0 Å². The maximum Gasteiger partial charge on any atom is 0.303 e. The van der Waals surface area contributed by atoms with Gasteiger partial charge in [-0.3, -0.25) is 19.2 Å². The Bertz CT molecular complexity index is 874. The van der Waals surface area contributed by atoms with Gasteiger partial charge in [0.2, 0.25) is 0 Å². The van der Waals surface area contributed by atoms with Crippen LogP contribution >= 0.6 is 0 Å². The largest absolute Gasteiger partial charge is 0.464 e. The molecular formula is C42H77NO7. The van der Waals surface area contributed by atoms with Crippen LogP contribution in [0.5, 0.6) is 0 Å². The summed E-state index contributed by atoms with van der Waals surface area (Å²) in [5.74, 6) is -2.07. The summed E-state index contributed by atoms with van der Waals surface area (Å²) in [6.45, 7) is 8.26. The van der Waals surface area contributed by atoms with Crippen molar-refractivity contribution in [3.05, 3.63) is 12.2 Å². The molecule has 292 valence electrons. The zero-order valence-corrected chi connectivity index (χ0v) is 33.0. The van der Waals surface area contributed by atoms with Crippen molar-refractivity contribution in [2.75, 3.05) is 6.61 Å². The molecule has 8 nitrogen and oxygen atoms in total. The lowest BCUT2D eigenvalue weighted by Crippen LogP contribution is -2.51. The fourth-order valence-electron chi connectivity index (χ4n) is 6.31. The molecule has 1 N–H and O–H groups in total. The SMILES string of the molecule is CCCCCCCCCCCCCC/C=C/[C@@H](OC(C)=O)C(=O)N[C@@H](COC(C)=O)[C@@H](CCCCCCCCCCCCCCC)OC(C)=O. The number of allylic oxidation sites excluding steroid dienone is 1. The first-order valence-corrected chi connectivity index (χ1v) is 20.7. The van der Waals surface area contributed by atoms with Crippen molar-refractivity contribution in [3.8, 4) is 0 Å². The van der Waals surface area contributed by atoms with Crippen molar-refractivity contribution in [1.82, 2.24) is 5.32 Å². The quantitative estimate of drug-likeness (QED) is 0.0302. The second kappa shape index (κ2) is 35.0. The standard InChI is InChI=1S/C42H77NO7/c1-6-8-10-12-14-16-18-20-22-24-26-28-30-32-34-41(50-38(5)46)42(47)43-39(35-48-36(3)44)40(49-37(4)45)33-31-29-27-25-23-21-19-17-15-13-11-9-7-2/h32,34,39-41H,6-31,33,35H2,1-5H3,(H,43,47)/b34-32+/t39-,40+,41+/m0/s1. The molecule has 0 saturated heterocycles. The van der Waals surface area contributed by atoms with Crippen molar-refractivity contribution < 1.29 is 33.4 Å². The maximum absolute atomic E-state index is 13.4. The molecule has 0 fully saturated rings. The van der Waals surface area contributed by atoms with Crippen molar-refractivity contribution in [2.24, 2.45) is 0 Å². The Morgan fingerprint density at radius 3 is 1.32 bits per heavy atom. The summed E-state index contributed by atoms with van der Waals surface area (Å²) in [5.41, 5.74) is 0. The first-order chi connectivity index (χ1) is 24.2. The van der Waals surface area contributed by atoms with Crippen LogP contribution in [0, 0.1) is 0 Å². The summed E-state index contributed by atoms with van der Waals surface area (Å²) in [5, 5.41) is 2.86. The van der Waals surface area contributed by atoms with Gasteiger partial charge in [-0.15, -0.1) is 0 Å². The molecule has 1 amide bonds. The molecule has 0 bridgehead atoms. The zero-order valence-electron chi connectivity index (χ0n) is 33.0. The van der Waals surface area contributed by atoms with Gasteiger partial charge in [0, 0.05) is 20.8 Å². The Balaban J connectivity index is 4.79. The van der Waals surface area contributed by atoms with Crippen LogP contribution in [0.4, 0.5) is 0 Å². The molecule has 3 atom stereocenters. The van der Waals surface area contributed by atoms with E-state index in [4.69, 9.17) is 14.2 Å². The molecule has 0 rings (SSSR count). The average molecular weight is 708 g/mol. The van der Waals surface area contributed by atoms with Gasteiger partial charge in [-0.1, -0.05) is 168 Å². The van der Waals surface area contributed by atoms with E-state index in [-0.39, 0.29) is 6.61 Å². The highest BCUT2D eigenvalue weighted by molar-refractivity contribution is 5.85. The summed E-state index contributed by atoms with van der Waals surface area (Å²) < 4.78 is 16.2. The van der Waals surface area contributed by atoms with Crippen LogP contribution in [-0.4, -0.2) is 48.7 Å². The van der Waals surface area contributed by atoms with Crippen LogP contribution in [-0.2, 0) is 33.4 Å². The summed E-state index contributed by atoms with van der Waals surface area (Å²) in [4.78, 5) is 48.9. The van der Waals surface area contributed by atoms with Crippen molar-refractivity contribution >= 4 is 23.8 Å². The Hall–Kier alpha value is -2.38. The van der Waals surface area contributed by atoms with E-state index in [2.05, 4.69) is 19.2 Å². The summed E-state index contributed by atoms with van der Waals surface area (Å²) >= 11 is 0. The van der Waals surface area contributed by atoms with E-state index >= 15 is 0 Å². The number of carbonyl (C=O) groups excluding carboxylic acids is 4. The number of hydrogen-bond donors (Lipinski definition) is 1. The van der Waals surface area contributed by atoms with Crippen LogP contribution < -0.4 is 5.32 Å². The topological polar surface area (TPSA) is 108 Å². The van der Waals surface area contributed by atoms with Gasteiger partial charge >= 0.3 is 17.9 Å². The number of amides is 1. The van der Waals surface area contributed by atoms with E-state index in [1.807, 2.05) is 6.08 Å². The highest BCUT2D eigenvalue weighted by Crippen LogP contribution is 2.17. The third-order valence-corrected chi connectivity index (χ3v) is 9.24. The molecule has 0 aromatic heterocycles. The third kappa shape index (κ3) is 31.6. The minimum atomic E-state index is -1.13. The molecule has 0 aromatic carbocycles. The van der Waals surface area contributed by atoms with E-state index in [1.165, 1.54) is 149 Å². The average Bonchev–Trinajstić information content (AvgIpc) is 3.07. The van der Waals surface area contributed by atoms with Crippen LogP contribution in [0.1, 0.15) is 208 Å². The normalized spacial score (nSPS) is 13.1. The number of nitrogens with one attached hydrogen (secondary N) is 1. The number of hydrogen-bond acceptors (Lipinski definition) is 7. The van der Waals surface area contributed by atoms with Gasteiger partial charge in [-0.25, -0.2) is 0 Å². The van der Waals surface area contributed by atoms with Crippen LogP contribution in [0.15, 0.2) is 12.2 Å². The summed E-state index contributed by atoms with van der Waals surface area (Å²) in [7, 11) is 0. The second-order valence-electron chi connectivity index (χ2n) is 14.2. The van der Waals surface area contributed by atoms with Gasteiger partial charge in [-0.2, -0.15) is 0 Å². The Morgan fingerprint density at radius 1 is 0.520 bits per heavy atom. The Morgan fingerprint density at radius 2 is 0.920 bits per heavy atom. The van der Waals surface area contributed by atoms with Crippen LogP contribution in [0.25, 0.3) is 0 Å². The predicted octanol–water partition coefficient (Wildman–Crippen LogP) is 11.0. The number of unbranched alkanes of at least 4 members (excludes halogenated alkanes) is 24. The van der Waals surface area contributed by atoms with Gasteiger partial charge in [-0.05, 0) is 31.8 Å². The van der Waals surface area contributed by atoms with Crippen molar-refractivity contribution in [1.29, 1.82) is 0 Å². The molecule has 8 heteroatoms. The molecule has 0 aliphatic heterocycles. The molecule has 50 heavy (non-hydrogen) atoms. The lowest BCUT2D eigenvalue weighted by molar-refractivity contribution is -0.155. The smallest absolute Gasteiger partial charge is 0.303 e. The van der Waals surface area contributed by atoms with E-state index in [9.17, 15) is 19.2 Å². The molecule has 0 saturated carbocycles. The Kier molecular flexibility index (Phi) is 33.4. The summed E-state index contributed by atoms with van der Waals surface area (Å²) in [6.07, 6.45) is 34.2. The van der Waals surface area contributed by atoms with Gasteiger partial charge in [0.05, 0.1) is 0 Å². The minimum Gasteiger partial charge on any atom is -0.464 e. The van der Waals surface area contributed by atoms with E-state index in [0.29, 0.717) is 6.42 Å². The zero-order chi connectivity index (χ0) is 37.1. The number of rotatable bonds is 35. The minimum absolute atomic E-state index is 0.146. The summed E-state index contributed by atoms with van der Waals surface area (Å²) in [6, 6.07) is -0.768. The maximum atomic E-state index is 13.4. The van der Waals surface area contributed by atoms with E-state index in [1.54, 1.807) is 6.08 Å². The first kappa shape index (κ1) is 47.6. The fraction of sp³-hybridized carbons (Fsp3) is 0.857. The van der Waals surface area contributed by atoms with Gasteiger partial charge < -0.3 is 19.5 Å². The molecule has 0 aliphatic carbocycles. The predicted molar refractivity (Wildman–Crippen MR) is 205 cm³/mol. The Labute approximate surface area is 307 Å². The third-order valence-electron chi connectivity index (χ3n) is 9.24. The first-order valence-electron chi connectivity index (χ1n) is 20.7. The molecule has 0 aromatic rings. The van der Waals surface area contributed by atoms with Crippen molar-refractivity contribution in [3.63, 3.8) is 0 Å². The second-order valence-corrected chi connectivity index (χ2v) is 14.2. The molecule has 0 radical (unpaired) electrons. The number of esters is 3. The van der Waals surface area contributed by atoms with Gasteiger partial charge in [0.1, 0.15) is 18.8 Å². The van der Waals surface area contributed by atoms with Gasteiger partial charge in [0.25, 0.3) is 5.91 Å². The fourth-order valence-corrected chi connectivity index (χ4v) is 6.31. The highest BCUT2D eigenvalue weighted by Gasteiger charge is 2.30. The molecule has 0 heterocycles. The van der Waals surface area contributed by atoms with E-state index < -0.39 is 42.1 Å². The molecule has 0 spiro atoms. The van der Waals surface area contributed by atoms with E-state index in [0.717, 1.165) is 38.5 Å². The van der Waals surface area contributed by atoms with Gasteiger partial charge in [0.15, 0.2) is 6.10 Å². The van der Waals surface area contributed by atoms with Crippen LogP contribution in [0.2, 0.25) is 0 Å². The molecule has 0 aliphatic rings. The van der Waals surface area contributed by atoms with Crippen molar-refractivity contribution in [2.45, 2.75) is 226 Å². The number of carbonyl (C=O) groups is 4. The lowest BCUT2D eigenvalue weighted by Gasteiger charge is -2.28. The lowest BCUT2D eigenvalue weighted by atomic mass is 10.0. The molecule has 0 unspecified atom stereocenters. The highest BCUT2D eigenvalue weighted by atomic mass is 16.6.